The summed E-state index contributed by atoms with van der Waals surface area (Å²) >= 11 is 0. The van der Waals surface area contributed by atoms with Crippen molar-refractivity contribution >= 4 is 41.6 Å². The highest BCUT2D eigenvalue weighted by molar-refractivity contribution is 14.0. The Kier molecular flexibility index (Phi) is 23.1. The Bertz CT molecular complexity index is 55.3. The quantitative estimate of drug-likeness (QED) is 0.545. The van der Waals surface area contributed by atoms with Crippen LogP contribution >= 0.6 is 24.0 Å². The van der Waals surface area contributed by atoms with E-state index in [-0.39, 0.29) is 41.6 Å². The third-order valence-corrected chi connectivity index (χ3v) is 5.20. The Morgan fingerprint density at radius 2 is 0.917 bits per heavy atom. The van der Waals surface area contributed by atoms with E-state index in [1.165, 1.54) is 18.1 Å². The van der Waals surface area contributed by atoms with Gasteiger partial charge in [-0.2, -0.15) is 0 Å². The molecule has 0 fully saturated rings. The fourth-order valence-corrected chi connectivity index (χ4v) is 2.60. The zero-order valence-electron chi connectivity index (χ0n) is 9.68. The number of rotatable bonds is 3. The first kappa shape index (κ1) is 18.9. The van der Waals surface area contributed by atoms with E-state index in [0.717, 1.165) is 0 Å². The molecule has 12 heavy (non-hydrogen) atoms. The predicted molar refractivity (Wildman–Crippen MR) is 78.7 cm³/mol. The lowest BCUT2D eigenvalue weighted by Crippen LogP contribution is -2.04. The molecule has 0 aliphatic rings. The molecule has 78 valence electrons. The average molecular weight is 318 g/mol. The topological polar surface area (TPSA) is 0 Å². The fraction of sp³-hybridized carbons (Fsp3) is 1.00. The van der Waals surface area contributed by atoms with Crippen LogP contribution in [0.5, 0.6) is 0 Å². The molecule has 0 unspecified atom stereocenters. The molecule has 0 N–H and O–H groups in total. The lowest BCUT2D eigenvalue weighted by Gasteiger charge is -2.03. The molecule has 3 heteroatoms. The molecule has 0 aliphatic heterocycles. The highest BCUT2D eigenvalue weighted by Crippen LogP contribution is 2.01. The van der Waals surface area contributed by atoms with Crippen LogP contribution in [0, 0.1) is 0 Å². The Labute approximate surface area is 99.8 Å². The van der Waals surface area contributed by atoms with Crippen molar-refractivity contribution in [3.05, 3.63) is 0 Å². The lowest BCUT2D eigenvalue weighted by atomic mass is 10.9. The minimum atomic E-state index is -0.171. The first-order chi connectivity index (χ1) is 5.08. The standard InChI is InChI=1S/C6H16Si.C3H10Si.HI/c1-4-7(5-2)6-3;1-4(2)3;/h7H,4-6H2,1-3H3;4H,1-3H3;1H. The summed E-state index contributed by atoms with van der Waals surface area (Å²) in [5.74, 6) is 0. The largest absolute Gasteiger partial charge is 0.107 e. The van der Waals surface area contributed by atoms with Gasteiger partial charge in [-0.15, -0.1) is 24.0 Å². The van der Waals surface area contributed by atoms with E-state index < -0.39 is 0 Å². The van der Waals surface area contributed by atoms with Crippen LogP contribution < -0.4 is 0 Å². The van der Waals surface area contributed by atoms with Crippen molar-refractivity contribution in [1.29, 1.82) is 0 Å². The SMILES string of the molecule is CC[SiH](CC)CC.C[SiH](C)C.I. The molecule has 0 nitrogen and oxygen atoms in total. The van der Waals surface area contributed by atoms with E-state index in [0.29, 0.717) is 0 Å². The van der Waals surface area contributed by atoms with Crippen LogP contribution in [-0.4, -0.2) is 17.6 Å². The van der Waals surface area contributed by atoms with E-state index in [9.17, 15) is 0 Å². The summed E-state index contributed by atoms with van der Waals surface area (Å²) in [5.41, 5.74) is 0. The van der Waals surface area contributed by atoms with Gasteiger partial charge in [0.2, 0.25) is 0 Å². The Morgan fingerprint density at radius 1 is 0.750 bits per heavy atom. The van der Waals surface area contributed by atoms with Gasteiger partial charge in [0.05, 0.1) is 0 Å². The van der Waals surface area contributed by atoms with Crippen molar-refractivity contribution in [2.75, 3.05) is 0 Å². The van der Waals surface area contributed by atoms with Crippen LogP contribution in [0.4, 0.5) is 0 Å². The van der Waals surface area contributed by atoms with E-state index in [1.54, 1.807) is 0 Å². The fourth-order valence-electron chi connectivity index (χ4n) is 0.866. The zero-order chi connectivity index (χ0) is 9.28. The molecule has 0 aromatic rings. The van der Waals surface area contributed by atoms with Gasteiger partial charge in [-0.3, -0.25) is 0 Å². The zero-order valence-corrected chi connectivity index (χ0v) is 14.3. The molecule has 0 aliphatic carbocycles. The highest BCUT2D eigenvalue weighted by Gasteiger charge is 1.98. The van der Waals surface area contributed by atoms with Crippen molar-refractivity contribution in [3.8, 4) is 0 Å². The van der Waals surface area contributed by atoms with Crippen LogP contribution in [0.1, 0.15) is 20.8 Å². The van der Waals surface area contributed by atoms with Crippen molar-refractivity contribution in [3.63, 3.8) is 0 Å². The van der Waals surface area contributed by atoms with Gasteiger partial charge < -0.3 is 0 Å². The van der Waals surface area contributed by atoms with E-state index >= 15 is 0 Å². The summed E-state index contributed by atoms with van der Waals surface area (Å²) in [7, 11) is -0.310. The summed E-state index contributed by atoms with van der Waals surface area (Å²) < 4.78 is 0. The molecule has 0 atom stereocenters. The Balaban J connectivity index is -0.000000142. The van der Waals surface area contributed by atoms with Gasteiger partial charge in [-0.25, -0.2) is 0 Å². The predicted octanol–water partition coefficient (Wildman–Crippen LogP) is 3.99. The van der Waals surface area contributed by atoms with Gasteiger partial charge in [-0.05, 0) is 0 Å². The minimum absolute atomic E-state index is 0. The number of hydrogen-bond donors (Lipinski definition) is 0. The third-order valence-electron chi connectivity index (χ3n) is 1.73. The minimum Gasteiger partial charge on any atom is -0.107 e. The van der Waals surface area contributed by atoms with Gasteiger partial charge >= 0.3 is 0 Å². The van der Waals surface area contributed by atoms with Crippen LogP contribution in [0.25, 0.3) is 0 Å². The molecule has 0 rings (SSSR count). The monoisotopic (exact) mass is 318 g/mol. The lowest BCUT2D eigenvalue weighted by molar-refractivity contribution is 1.24. The molecule has 0 radical (unpaired) electrons. The first-order valence-electron chi connectivity index (χ1n) is 5.08. The molecule has 0 amide bonds. The number of halogens is 1. The molecule has 0 spiro atoms. The van der Waals surface area contributed by atoms with Crippen LogP contribution in [0.15, 0.2) is 0 Å². The molecule has 0 heterocycles. The molecule has 0 bridgehead atoms. The number of hydrogen-bond acceptors (Lipinski definition) is 0. The smallest absolute Gasteiger partial charge is 0.0359 e. The Hall–Kier alpha value is 1.16. The van der Waals surface area contributed by atoms with Gasteiger partial charge in [0.25, 0.3) is 0 Å². The van der Waals surface area contributed by atoms with Crippen molar-refractivity contribution in [2.24, 2.45) is 0 Å². The van der Waals surface area contributed by atoms with Crippen LogP contribution in [0.3, 0.4) is 0 Å². The maximum Gasteiger partial charge on any atom is 0.0359 e. The Morgan fingerprint density at radius 3 is 0.917 bits per heavy atom. The average Bonchev–Trinajstić information content (AvgIpc) is 1.90. The second-order valence-corrected chi connectivity index (χ2v) is 11.5. The second-order valence-electron chi connectivity index (χ2n) is 3.82. The molecule has 0 saturated carbocycles. The van der Waals surface area contributed by atoms with E-state index in [2.05, 4.69) is 40.4 Å². The highest BCUT2D eigenvalue weighted by atomic mass is 127. The molecule has 0 aromatic heterocycles. The van der Waals surface area contributed by atoms with Crippen LogP contribution in [0.2, 0.25) is 37.8 Å². The normalized spacial score (nSPS) is 9.00. The van der Waals surface area contributed by atoms with E-state index in [1.807, 2.05) is 0 Å². The van der Waals surface area contributed by atoms with Gasteiger partial charge in [0.15, 0.2) is 0 Å². The summed E-state index contributed by atoms with van der Waals surface area (Å²) in [6, 6.07) is 4.48. The molecule has 0 aromatic carbocycles. The van der Waals surface area contributed by atoms with Gasteiger partial charge in [0, 0.05) is 17.6 Å². The van der Waals surface area contributed by atoms with E-state index in [4.69, 9.17) is 0 Å². The van der Waals surface area contributed by atoms with Crippen molar-refractivity contribution < 1.29 is 0 Å². The maximum absolute atomic E-state index is 2.32. The third kappa shape index (κ3) is 22.5. The summed E-state index contributed by atoms with van der Waals surface area (Å²) in [5, 5.41) is 0. The van der Waals surface area contributed by atoms with Gasteiger partial charge in [-0.1, -0.05) is 58.5 Å². The molecule has 0 saturated heterocycles. The van der Waals surface area contributed by atoms with Gasteiger partial charge in [0.1, 0.15) is 0 Å². The van der Waals surface area contributed by atoms with Crippen LogP contribution in [-0.2, 0) is 0 Å². The maximum atomic E-state index is 2.32. The van der Waals surface area contributed by atoms with Crippen molar-refractivity contribution in [1.82, 2.24) is 0 Å². The summed E-state index contributed by atoms with van der Waals surface area (Å²) in [6.07, 6.45) is 0. The first-order valence-corrected chi connectivity index (χ1v) is 11.0. The van der Waals surface area contributed by atoms with Crippen molar-refractivity contribution in [2.45, 2.75) is 58.5 Å². The summed E-state index contributed by atoms with van der Waals surface area (Å²) in [6.45, 7) is 13.9. The molecular formula is C9H27ISi2. The second kappa shape index (κ2) is 14.7. The molecular weight excluding hydrogens is 291 g/mol. The summed E-state index contributed by atoms with van der Waals surface area (Å²) in [4.78, 5) is 0.